The summed E-state index contributed by atoms with van der Waals surface area (Å²) in [6.45, 7) is 2.45. The molecule has 3 nitrogen and oxygen atoms in total. The van der Waals surface area contributed by atoms with Crippen LogP contribution in [0.25, 0.3) is 0 Å². The van der Waals surface area contributed by atoms with Crippen LogP contribution in [0.4, 0.5) is 0 Å². The molecule has 0 fully saturated rings. The van der Waals surface area contributed by atoms with Gasteiger partial charge in [0.25, 0.3) is 0 Å². The van der Waals surface area contributed by atoms with Crippen molar-refractivity contribution in [2.24, 2.45) is 0 Å². The van der Waals surface area contributed by atoms with E-state index < -0.39 is 5.97 Å². The Bertz CT molecular complexity index is 141. The fraction of sp³-hybridized carbons (Fsp3) is 0.571. The first kappa shape index (κ1) is 9.17. The van der Waals surface area contributed by atoms with Crippen molar-refractivity contribution >= 4 is 5.97 Å². The lowest BCUT2D eigenvalue weighted by atomic mass is 10.2. The van der Waals surface area contributed by atoms with E-state index in [0.29, 0.717) is 18.5 Å². The minimum atomic E-state index is -0.822. The average Bonchev–Trinajstić information content (AvgIpc) is 1.89. The number of carboxylic acid groups (broad SMARTS) is 1. The third-order valence-corrected chi connectivity index (χ3v) is 1.27. The van der Waals surface area contributed by atoms with Gasteiger partial charge in [0.2, 0.25) is 0 Å². The van der Waals surface area contributed by atoms with Crippen LogP contribution in [0.2, 0.25) is 0 Å². The molecule has 0 spiro atoms. The number of aliphatic carboxylic acids is 1. The molecule has 0 rings (SSSR count). The van der Waals surface area contributed by atoms with E-state index in [2.05, 4.69) is 5.32 Å². The predicted octanol–water partition coefficient (Wildman–Crippen LogP) is 0.627. The summed E-state index contributed by atoms with van der Waals surface area (Å²) in [6, 6.07) is 0. The predicted molar refractivity (Wildman–Crippen MR) is 39.9 cm³/mol. The average molecular weight is 143 g/mol. The van der Waals surface area contributed by atoms with Crippen molar-refractivity contribution in [3.05, 3.63) is 11.6 Å². The zero-order valence-electron chi connectivity index (χ0n) is 6.35. The summed E-state index contributed by atoms with van der Waals surface area (Å²) < 4.78 is 0. The first-order valence-electron chi connectivity index (χ1n) is 3.25. The second-order valence-corrected chi connectivity index (χ2v) is 1.97. The molecular weight excluding hydrogens is 130 g/mol. The lowest BCUT2D eigenvalue weighted by Gasteiger charge is -1.98. The number of rotatable bonds is 4. The van der Waals surface area contributed by atoms with Gasteiger partial charge in [0.05, 0.1) is 0 Å². The van der Waals surface area contributed by atoms with E-state index in [0.717, 1.165) is 0 Å². The van der Waals surface area contributed by atoms with Crippen molar-refractivity contribution in [1.82, 2.24) is 5.32 Å². The van der Waals surface area contributed by atoms with Crippen LogP contribution >= 0.6 is 0 Å². The van der Waals surface area contributed by atoms with Gasteiger partial charge in [-0.1, -0.05) is 6.08 Å². The molecule has 10 heavy (non-hydrogen) atoms. The molecule has 0 aliphatic rings. The molecule has 0 atom stereocenters. The lowest BCUT2D eigenvalue weighted by Crippen LogP contribution is -2.11. The van der Waals surface area contributed by atoms with E-state index in [9.17, 15) is 4.79 Å². The molecular formula is C7H13NO2. The fourth-order valence-corrected chi connectivity index (χ4v) is 0.634. The molecule has 2 N–H and O–H groups in total. The van der Waals surface area contributed by atoms with Gasteiger partial charge in [0, 0.05) is 5.57 Å². The molecule has 0 aromatic carbocycles. The molecule has 0 amide bonds. The van der Waals surface area contributed by atoms with E-state index >= 15 is 0 Å². The molecule has 0 unspecified atom stereocenters. The molecule has 3 heteroatoms. The van der Waals surface area contributed by atoms with Crippen LogP contribution in [0.3, 0.4) is 0 Å². The maximum absolute atomic E-state index is 10.3. The molecule has 0 saturated heterocycles. The zero-order valence-corrected chi connectivity index (χ0v) is 6.35. The first-order valence-corrected chi connectivity index (χ1v) is 3.25. The summed E-state index contributed by atoms with van der Waals surface area (Å²) in [6.07, 6.45) is 2.21. The Morgan fingerprint density at radius 2 is 2.30 bits per heavy atom. The Labute approximate surface area is 60.7 Å². The second kappa shape index (κ2) is 4.99. The van der Waals surface area contributed by atoms with Gasteiger partial charge in [0.1, 0.15) is 0 Å². The summed E-state index contributed by atoms with van der Waals surface area (Å²) in [5.41, 5.74) is 0.467. The van der Waals surface area contributed by atoms with E-state index in [1.165, 1.54) is 0 Å². The maximum Gasteiger partial charge on any atom is 0.331 e. The van der Waals surface area contributed by atoms with Crippen molar-refractivity contribution < 1.29 is 9.90 Å². The number of hydrogen-bond acceptors (Lipinski definition) is 2. The highest BCUT2D eigenvalue weighted by atomic mass is 16.4. The number of hydrogen-bond donors (Lipinski definition) is 2. The number of nitrogens with one attached hydrogen (secondary N) is 1. The topological polar surface area (TPSA) is 49.3 Å². The number of carbonyl (C=O) groups is 1. The maximum atomic E-state index is 10.3. The highest BCUT2D eigenvalue weighted by Crippen LogP contribution is 1.98. The van der Waals surface area contributed by atoms with Gasteiger partial charge in [-0.15, -0.1) is 0 Å². The van der Waals surface area contributed by atoms with E-state index in [-0.39, 0.29) is 0 Å². The summed E-state index contributed by atoms with van der Waals surface area (Å²) in [7, 11) is 1.80. The minimum absolute atomic E-state index is 0.467. The van der Waals surface area contributed by atoms with Crippen LogP contribution in [0.5, 0.6) is 0 Å². The molecule has 0 heterocycles. The summed E-state index contributed by atoms with van der Waals surface area (Å²) in [5.74, 6) is -0.822. The molecule has 0 aromatic rings. The summed E-state index contributed by atoms with van der Waals surface area (Å²) in [5, 5.41) is 11.4. The number of carboxylic acids is 1. The van der Waals surface area contributed by atoms with Crippen LogP contribution < -0.4 is 5.32 Å². The van der Waals surface area contributed by atoms with E-state index in [4.69, 9.17) is 5.11 Å². The third kappa shape index (κ3) is 3.25. The van der Waals surface area contributed by atoms with Gasteiger partial charge in [-0.05, 0) is 26.9 Å². The Morgan fingerprint density at radius 3 is 2.60 bits per heavy atom. The molecule has 58 valence electrons. The first-order chi connectivity index (χ1) is 4.72. The third-order valence-electron chi connectivity index (χ3n) is 1.27. The highest BCUT2D eigenvalue weighted by Gasteiger charge is 2.02. The molecule has 0 aromatic heterocycles. The molecule has 0 saturated carbocycles. The van der Waals surface area contributed by atoms with Crippen LogP contribution in [0.15, 0.2) is 11.6 Å². The summed E-state index contributed by atoms with van der Waals surface area (Å²) in [4.78, 5) is 10.3. The molecule has 0 bridgehead atoms. The fourth-order valence-electron chi connectivity index (χ4n) is 0.634. The largest absolute Gasteiger partial charge is 0.478 e. The van der Waals surface area contributed by atoms with E-state index in [1.54, 1.807) is 20.0 Å². The lowest BCUT2D eigenvalue weighted by molar-refractivity contribution is -0.132. The van der Waals surface area contributed by atoms with Crippen LogP contribution in [0, 0.1) is 0 Å². The smallest absolute Gasteiger partial charge is 0.331 e. The van der Waals surface area contributed by atoms with Gasteiger partial charge < -0.3 is 10.4 Å². The second-order valence-electron chi connectivity index (χ2n) is 1.97. The number of allylic oxidation sites excluding steroid dienone is 1. The van der Waals surface area contributed by atoms with Gasteiger partial charge in [-0.25, -0.2) is 4.79 Å². The minimum Gasteiger partial charge on any atom is -0.478 e. The SMILES string of the molecule is C/C=C(\CCNC)C(=O)O. The van der Waals surface area contributed by atoms with Crippen molar-refractivity contribution in [3.8, 4) is 0 Å². The van der Waals surface area contributed by atoms with Crippen molar-refractivity contribution in [1.29, 1.82) is 0 Å². The van der Waals surface area contributed by atoms with Gasteiger partial charge >= 0.3 is 5.97 Å². The van der Waals surface area contributed by atoms with Crippen molar-refractivity contribution in [2.45, 2.75) is 13.3 Å². The van der Waals surface area contributed by atoms with Gasteiger partial charge in [0.15, 0.2) is 0 Å². The van der Waals surface area contributed by atoms with Crippen molar-refractivity contribution in [2.75, 3.05) is 13.6 Å². The summed E-state index contributed by atoms with van der Waals surface area (Å²) >= 11 is 0. The van der Waals surface area contributed by atoms with Crippen LogP contribution in [-0.4, -0.2) is 24.7 Å². The Balaban J connectivity index is 3.74. The Morgan fingerprint density at radius 1 is 1.70 bits per heavy atom. The normalized spacial score (nSPS) is 11.6. The van der Waals surface area contributed by atoms with Crippen molar-refractivity contribution in [3.63, 3.8) is 0 Å². The quantitative estimate of drug-likeness (QED) is 0.567. The highest BCUT2D eigenvalue weighted by molar-refractivity contribution is 5.86. The van der Waals surface area contributed by atoms with Crippen LogP contribution in [-0.2, 0) is 4.79 Å². The monoisotopic (exact) mass is 143 g/mol. The van der Waals surface area contributed by atoms with E-state index in [1.807, 2.05) is 0 Å². The standard InChI is InChI=1S/C7H13NO2/c1-3-6(7(9)10)4-5-8-2/h3,8H,4-5H2,1-2H3,(H,9,10)/b6-3+. The zero-order chi connectivity index (χ0) is 7.98. The molecule has 0 aliphatic heterocycles. The molecule has 0 aliphatic carbocycles. The molecule has 0 radical (unpaired) electrons. The van der Waals surface area contributed by atoms with Gasteiger partial charge in [-0.2, -0.15) is 0 Å². The van der Waals surface area contributed by atoms with Gasteiger partial charge in [-0.3, -0.25) is 0 Å². The Kier molecular flexibility index (Phi) is 4.58. The van der Waals surface area contributed by atoms with Crippen LogP contribution in [0.1, 0.15) is 13.3 Å². The Hall–Kier alpha value is -0.830.